The normalized spacial score (nSPS) is 22.6. The molecule has 1 unspecified atom stereocenters. The quantitative estimate of drug-likeness (QED) is 0.777. The maximum Gasteiger partial charge on any atom is 0.136 e. The number of methoxy groups -OCH3 is 1. The number of carbonyl (C=O) groups is 1. The van der Waals surface area contributed by atoms with Crippen LogP contribution in [0, 0.1) is 0 Å². The van der Waals surface area contributed by atoms with E-state index in [0.717, 1.165) is 12.7 Å². The van der Waals surface area contributed by atoms with Gasteiger partial charge in [-0.2, -0.15) is 0 Å². The Morgan fingerprint density at radius 3 is 2.11 bits per heavy atom. The highest BCUT2D eigenvalue weighted by molar-refractivity contribution is 5.57. The molecule has 3 heteroatoms. The van der Waals surface area contributed by atoms with E-state index in [1.807, 2.05) is 0 Å². The second-order valence-corrected chi connectivity index (χ2v) is 5.79. The fraction of sp³-hybridized carbons (Fsp3) is 0.938. The standard InChI is InChI=1S/C10H19NO.C6H12O/c1-2-9(8-12)11-10-6-4-3-5-7-10;1-7-6-4-2-3-5-6/h8-11H,2-7H2,1H3;6H,2-5H2,1H3. The zero-order chi connectivity index (χ0) is 13.9. The molecule has 0 aliphatic heterocycles. The minimum Gasteiger partial charge on any atom is -0.381 e. The molecule has 0 aromatic carbocycles. The van der Waals surface area contributed by atoms with Crippen LogP contribution < -0.4 is 5.32 Å². The van der Waals surface area contributed by atoms with Crippen molar-refractivity contribution in [3.8, 4) is 0 Å². The number of rotatable bonds is 5. The number of aldehydes is 1. The van der Waals surface area contributed by atoms with E-state index < -0.39 is 0 Å². The topological polar surface area (TPSA) is 38.3 Å². The van der Waals surface area contributed by atoms with Crippen LogP contribution >= 0.6 is 0 Å². The van der Waals surface area contributed by atoms with Gasteiger partial charge in [-0.25, -0.2) is 0 Å². The fourth-order valence-electron chi connectivity index (χ4n) is 2.95. The Hall–Kier alpha value is -0.410. The molecule has 0 aromatic rings. The SMILES string of the molecule is CCC(C=O)NC1CCCCC1.COC1CCCC1. The predicted molar refractivity (Wildman–Crippen MR) is 79.4 cm³/mol. The van der Waals surface area contributed by atoms with Crippen molar-refractivity contribution in [2.24, 2.45) is 0 Å². The summed E-state index contributed by atoms with van der Waals surface area (Å²) in [4.78, 5) is 10.5. The van der Waals surface area contributed by atoms with Gasteiger partial charge in [0.1, 0.15) is 6.29 Å². The summed E-state index contributed by atoms with van der Waals surface area (Å²) in [7, 11) is 1.80. The van der Waals surface area contributed by atoms with Crippen LogP contribution in [0.25, 0.3) is 0 Å². The maximum atomic E-state index is 10.5. The van der Waals surface area contributed by atoms with Gasteiger partial charge in [0.15, 0.2) is 0 Å². The number of nitrogens with one attached hydrogen (secondary N) is 1. The minimum atomic E-state index is 0.0908. The molecule has 1 atom stereocenters. The van der Waals surface area contributed by atoms with Crippen LogP contribution in [0.2, 0.25) is 0 Å². The first-order valence-corrected chi connectivity index (χ1v) is 8.04. The van der Waals surface area contributed by atoms with Gasteiger partial charge in [0.2, 0.25) is 0 Å². The van der Waals surface area contributed by atoms with Crippen LogP contribution in [-0.4, -0.2) is 31.6 Å². The van der Waals surface area contributed by atoms with Crippen LogP contribution in [0.4, 0.5) is 0 Å². The summed E-state index contributed by atoms with van der Waals surface area (Å²) in [6.45, 7) is 2.05. The Labute approximate surface area is 118 Å². The summed E-state index contributed by atoms with van der Waals surface area (Å²) in [5.41, 5.74) is 0. The molecule has 2 aliphatic carbocycles. The van der Waals surface area contributed by atoms with E-state index in [9.17, 15) is 4.79 Å². The monoisotopic (exact) mass is 269 g/mol. The predicted octanol–water partition coefficient (Wildman–Crippen LogP) is 3.46. The molecule has 0 bridgehead atoms. The van der Waals surface area contributed by atoms with Gasteiger partial charge in [0, 0.05) is 13.2 Å². The molecule has 0 amide bonds. The van der Waals surface area contributed by atoms with Crippen molar-refractivity contribution in [2.75, 3.05) is 7.11 Å². The van der Waals surface area contributed by atoms with Gasteiger partial charge >= 0.3 is 0 Å². The van der Waals surface area contributed by atoms with Crippen molar-refractivity contribution in [1.82, 2.24) is 5.32 Å². The Bertz CT molecular complexity index is 221. The molecular formula is C16H31NO2. The van der Waals surface area contributed by atoms with Gasteiger partial charge in [-0.3, -0.25) is 0 Å². The lowest BCUT2D eigenvalue weighted by Crippen LogP contribution is -2.39. The van der Waals surface area contributed by atoms with Gasteiger partial charge in [-0.1, -0.05) is 39.0 Å². The van der Waals surface area contributed by atoms with Crippen LogP contribution in [-0.2, 0) is 9.53 Å². The Balaban J connectivity index is 0.000000218. The molecular weight excluding hydrogens is 238 g/mol. The zero-order valence-corrected chi connectivity index (χ0v) is 12.7. The largest absolute Gasteiger partial charge is 0.381 e. The zero-order valence-electron chi connectivity index (χ0n) is 12.7. The van der Waals surface area contributed by atoms with Gasteiger partial charge in [-0.15, -0.1) is 0 Å². The van der Waals surface area contributed by atoms with Crippen molar-refractivity contribution in [3.05, 3.63) is 0 Å². The van der Waals surface area contributed by atoms with E-state index in [4.69, 9.17) is 4.74 Å². The molecule has 2 saturated carbocycles. The van der Waals surface area contributed by atoms with Crippen molar-refractivity contribution >= 4 is 6.29 Å². The first-order chi connectivity index (χ1) is 9.30. The number of ether oxygens (including phenoxy) is 1. The summed E-state index contributed by atoms with van der Waals surface area (Å²) < 4.78 is 5.11. The molecule has 2 aliphatic rings. The molecule has 0 heterocycles. The average molecular weight is 269 g/mol. The third kappa shape index (κ3) is 7.07. The lowest BCUT2D eigenvalue weighted by molar-refractivity contribution is -0.109. The molecule has 0 aromatic heterocycles. The van der Waals surface area contributed by atoms with Crippen molar-refractivity contribution in [1.29, 1.82) is 0 Å². The first kappa shape index (κ1) is 16.6. The van der Waals surface area contributed by atoms with Crippen LogP contribution in [0.5, 0.6) is 0 Å². The average Bonchev–Trinajstić information content (AvgIpc) is 3.00. The van der Waals surface area contributed by atoms with E-state index in [0.29, 0.717) is 12.1 Å². The number of hydrogen-bond donors (Lipinski definition) is 1. The van der Waals surface area contributed by atoms with E-state index in [1.54, 1.807) is 7.11 Å². The third-order valence-electron chi connectivity index (χ3n) is 4.29. The summed E-state index contributed by atoms with van der Waals surface area (Å²) >= 11 is 0. The van der Waals surface area contributed by atoms with E-state index in [1.165, 1.54) is 57.8 Å². The fourth-order valence-corrected chi connectivity index (χ4v) is 2.95. The highest BCUT2D eigenvalue weighted by Crippen LogP contribution is 2.19. The van der Waals surface area contributed by atoms with Crippen LogP contribution in [0.1, 0.15) is 71.1 Å². The molecule has 112 valence electrons. The van der Waals surface area contributed by atoms with Crippen LogP contribution in [0.3, 0.4) is 0 Å². The summed E-state index contributed by atoms with van der Waals surface area (Å²) in [5, 5.41) is 3.39. The van der Waals surface area contributed by atoms with Gasteiger partial charge in [0.25, 0.3) is 0 Å². The highest BCUT2D eigenvalue weighted by Gasteiger charge is 2.15. The molecule has 0 radical (unpaired) electrons. The van der Waals surface area contributed by atoms with Crippen molar-refractivity contribution < 1.29 is 9.53 Å². The maximum absolute atomic E-state index is 10.5. The van der Waals surface area contributed by atoms with Gasteiger partial charge in [-0.05, 0) is 32.1 Å². The van der Waals surface area contributed by atoms with Gasteiger partial charge in [0.05, 0.1) is 12.1 Å². The summed E-state index contributed by atoms with van der Waals surface area (Å²) in [5.74, 6) is 0. The molecule has 0 spiro atoms. The van der Waals surface area contributed by atoms with Crippen molar-refractivity contribution in [3.63, 3.8) is 0 Å². The lowest BCUT2D eigenvalue weighted by Gasteiger charge is -2.25. The van der Waals surface area contributed by atoms with E-state index in [2.05, 4.69) is 12.2 Å². The van der Waals surface area contributed by atoms with Crippen LogP contribution in [0.15, 0.2) is 0 Å². The smallest absolute Gasteiger partial charge is 0.136 e. The Morgan fingerprint density at radius 2 is 1.68 bits per heavy atom. The van der Waals surface area contributed by atoms with Gasteiger partial charge < -0.3 is 14.8 Å². The van der Waals surface area contributed by atoms with E-state index >= 15 is 0 Å². The highest BCUT2D eigenvalue weighted by atomic mass is 16.5. The number of hydrogen-bond acceptors (Lipinski definition) is 3. The Kier molecular flexibility index (Phi) is 9.10. The van der Waals surface area contributed by atoms with E-state index in [-0.39, 0.29) is 6.04 Å². The molecule has 1 N–H and O–H groups in total. The lowest BCUT2D eigenvalue weighted by atomic mass is 9.95. The molecule has 19 heavy (non-hydrogen) atoms. The second kappa shape index (κ2) is 10.4. The second-order valence-electron chi connectivity index (χ2n) is 5.79. The first-order valence-electron chi connectivity index (χ1n) is 8.04. The molecule has 2 fully saturated rings. The molecule has 3 nitrogen and oxygen atoms in total. The minimum absolute atomic E-state index is 0.0908. The number of carbonyl (C=O) groups excluding carboxylic acids is 1. The Morgan fingerprint density at radius 1 is 1.11 bits per heavy atom. The van der Waals surface area contributed by atoms with Crippen molar-refractivity contribution in [2.45, 2.75) is 89.3 Å². The summed E-state index contributed by atoms with van der Waals surface area (Å²) in [6.07, 6.45) is 14.4. The molecule has 0 saturated heterocycles. The molecule has 2 rings (SSSR count). The third-order valence-corrected chi connectivity index (χ3v) is 4.29. The summed E-state index contributed by atoms with van der Waals surface area (Å²) in [6, 6.07) is 0.696.